The summed E-state index contributed by atoms with van der Waals surface area (Å²) in [6.45, 7) is 0. The van der Waals surface area contributed by atoms with Gasteiger partial charge in [0.15, 0.2) is 5.75 Å². The van der Waals surface area contributed by atoms with Crippen LogP contribution in [0.3, 0.4) is 0 Å². The highest BCUT2D eigenvalue weighted by atomic mass is 19.4. The number of hydrogen-bond acceptors (Lipinski definition) is 4. The number of rotatable bonds is 2. The van der Waals surface area contributed by atoms with Crippen LogP contribution in [0.5, 0.6) is 5.75 Å². The van der Waals surface area contributed by atoms with E-state index in [2.05, 4.69) is 9.72 Å². The number of benzene rings is 1. The molecule has 2 amide bonds. The van der Waals surface area contributed by atoms with Crippen molar-refractivity contribution in [3.8, 4) is 5.75 Å². The quantitative estimate of drug-likeness (QED) is 0.800. The van der Waals surface area contributed by atoms with Crippen LogP contribution in [0.25, 0.3) is 0 Å². The first-order valence-electron chi connectivity index (χ1n) is 6.07. The fourth-order valence-electron chi connectivity index (χ4n) is 2.14. The molecule has 3 rings (SSSR count). The highest BCUT2D eigenvalue weighted by Gasteiger charge is 2.40. The van der Waals surface area contributed by atoms with Crippen molar-refractivity contribution in [2.45, 2.75) is 6.36 Å². The Labute approximate surface area is 121 Å². The standard InChI is InChI=1S/C14H7F3N2O3/c15-14(16,17)22-10-6-2-1-5-9(10)19-12(20)8-4-3-7-18-11(8)13(19)21/h1-7H. The molecule has 1 aromatic carbocycles. The van der Waals surface area contributed by atoms with Crippen LogP contribution in [0.4, 0.5) is 18.9 Å². The molecule has 0 radical (unpaired) electrons. The van der Waals surface area contributed by atoms with Gasteiger partial charge in [-0.1, -0.05) is 12.1 Å². The third kappa shape index (κ3) is 2.28. The molecule has 0 saturated carbocycles. The Hall–Kier alpha value is -2.90. The number of alkyl halides is 3. The smallest absolute Gasteiger partial charge is 0.404 e. The molecule has 0 atom stereocenters. The summed E-state index contributed by atoms with van der Waals surface area (Å²) in [6, 6.07) is 7.78. The van der Waals surface area contributed by atoms with Crippen LogP contribution < -0.4 is 9.64 Å². The average molecular weight is 308 g/mol. The number of carbonyl (C=O) groups is 2. The number of pyridine rings is 1. The first kappa shape index (κ1) is 14.1. The number of ether oxygens (including phenoxy) is 1. The second-order valence-corrected chi connectivity index (χ2v) is 4.36. The Kier molecular flexibility index (Phi) is 3.09. The molecule has 0 N–H and O–H groups in total. The molecule has 5 nitrogen and oxygen atoms in total. The number of imide groups is 1. The first-order valence-corrected chi connectivity index (χ1v) is 6.07. The number of fused-ring (bicyclic) bond motifs is 1. The highest BCUT2D eigenvalue weighted by molar-refractivity contribution is 6.34. The molecule has 0 bridgehead atoms. The van der Waals surface area contributed by atoms with Crippen LogP contribution in [0.2, 0.25) is 0 Å². The van der Waals surface area contributed by atoms with Gasteiger partial charge in [0.05, 0.1) is 11.3 Å². The van der Waals surface area contributed by atoms with Gasteiger partial charge in [0, 0.05) is 6.20 Å². The largest absolute Gasteiger partial charge is 0.573 e. The minimum atomic E-state index is -4.94. The SMILES string of the molecule is O=C1c2cccnc2C(=O)N1c1ccccc1OC(F)(F)F. The number of anilines is 1. The van der Waals surface area contributed by atoms with E-state index >= 15 is 0 Å². The fraction of sp³-hybridized carbons (Fsp3) is 0.0714. The molecule has 1 aliphatic heterocycles. The van der Waals surface area contributed by atoms with E-state index in [1.807, 2.05) is 0 Å². The summed E-state index contributed by atoms with van der Waals surface area (Å²) < 4.78 is 41.2. The second kappa shape index (κ2) is 4.83. The summed E-state index contributed by atoms with van der Waals surface area (Å²) in [5.41, 5.74) is -0.351. The molecule has 1 aromatic heterocycles. The summed E-state index contributed by atoms with van der Waals surface area (Å²) in [6.07, 6.45) is -3.61. The number of hydrogen-bond donors (Lipinski definition) is 0. The van der Waals surface area contributed by atoms with Gasteiger partial charge in [-0.05, 0) is 24.3 Å². The van der Waals surface area contributed by atoms with E-state index in [9.17, 15) is 22.8 Å². The molecular formula is C14H7F3N2O3. The zero-order valence-corrected chi connectivity index (χ0v) is 10.8. The van der Waals surface area contributed by atoms with Crippen LogP contribution in [0.1, 0.15) is 20.8 Å². The molecule has 22 heavy (non-hydrogen) atoms. The zero-order valence-electron chi connectivity index (χ0n) is 10.8. The fourth-order valence-corrected chi connectivity index (χ4v) is 2.14. The van der Waals surface area contributed by atoms with Crippen molar-refractivity contribution in [2.75, 3.05) is 4.90 Å². The van der Waals surface area contributed by atoms with E-state index in [-0.39, 0.29) is 16.9 Å². The monoisotopic (exact) mass is 308 g/mol. The predicted octanol–water partition coefficient (Wildman–Crippen LogP) is 2.78. The summed E-state index contributed by atoms with van der Waals surface area (Å²) >= 11 is 0. The van der Waals surface area contributed by atoms with Crippen molar-refractivity contribution in [3.63, 3.8) is 0 Å². The van der Waals surface area contributed by atoms with E-state index in [0.29, 0.717) is 4.90 Å². The molecule has 0 fully saturated rings. The minimum absolute atomic E-state index is 0.0364. The Balaban J connectivity index is 2.07. The Morgan fingerprint density at radius 2 is 1.73 bits per heavy atom. The lowest BCUT2D eigenvalue weighted by Gasteiger charge is -2.18. The lowest BCUT2D eigenvalue weighted by atomic mass is 10.2. The molecular weight excluding hydrogens is 301 g/mol. The van der Waals surface area contributed by atoms with Gasteiger partial charge in [-0.25, -0.2) is 4.90 Å². The second-order valence-electron chi connectivity index (χ2n) is 4.36. The van der Waals surface area contributed by atoms with Crippen molar-refractivity contribution < 1.29 is 27.5 Å². The normalized spacial score (nSPS) is 14.2. The van der Waals surface area contributed by atoms with Crippen LogP contribution in [-0.2, 0) is 0 Å². The molecule has 0 spiro atoms. The van der Waals surface area contributed by atoms with Gasteiger partial charge in [-0.3, -0.25) is 14.6 Å². The van der Waals surface area contributed by atoms with Crippen molar-refractivity contribution >= 4 is 17.5 Å². The number of carbonyl (C=O) groups excluding carboxylic acids is 2. The average Bonchev–Trinajstić information content (AvgIpc) is 2.71. The molecule has 0 aliphatic carbocycles. The van der Waals surface area contributed by atoms with Crippen LogP contribution in [0.15, 0.2) is 42.6 Å². The van der Waals surface area contributed by atoms with Gasteiger partial charge < -0.3 is 4.74 Å². The molecule has 2 heterocycles. The maximum absolute atomic E-state index is 12.4. The third-order valence-corrected chi connectivity index (χ3v) is 2.98. The van der Waals surface area contributed by atoms with Crippen LogP contribution in [0, 0.1) is 0 Å². The molecule has 112 valence electrons. The van der Waals surface area contributed by atoms with Gasteiger partial charge in [0.2, 0.25) is 0 Å². The van der Waals surface area contributed by atoms with Crippen molar-refractivity contribution in [1.29, 1.82) is 0 Å². The summed E-state index contributed by atoms with van der Waals surface area (Å²) in [5, 5.41) is 0. The summed E-state index contributed by atoms with van der Waals surface area (Å²) in [5.74, 6) is -2.17. The van der Waals surface area contributed by atoms with Gasteiger partial charge in [0.1, 0.15) is 5.69 Å². The lowest BCUT2D eigenvalue weighted by Crippen LogP contribution is -2.30. The van der Waals surface area contributed by atoms with Crippen molar-refractivity contribution in [1.82, 2.24) is 4.98 Å². The van der Waals surface area contributed by atoms with Crippen LogP contribution in [-0.4, -0.2) is 23.2 Å². The van der Waals surface area contributed by atoms with Crippen molar-refractivity contribution in [2.24, 2.45) is 0 Å². The lowest BCUT2D eigenvalue weighted by molar-refractivity contribution is -0.274. The van der Waals surface area contributed by atoms with Gasteiger partial charge >= 0.3 is 6.36 Å². The van der Waals surface area contributed by atoms with E-state index in [1.165, 1.54) is 36.5 Å². The molecule has 0 saturated heterocycles. The number of amides is 2. The first-order chi connectivity index (χ1) is 10.4. The third-order valence-electron chi connectivity index (χ3n) is 2.98. The summed E-state index contributed by atoms with van der Waals surface area (Å²) in [4.78, 5) is 28.9. The zero-order chi connectivity index (χ0) is 15.9. The van der Waals surface area contributed by atoms with Gasteiger partial charge in [-0.15, -0.1) is 13.2 Å². The van der Waals surface area contributed by atoms with E-state index < -0.39 is 23.9 Å². The Morgan fingerprint density at radius 3 is 2.41 bits per heavy atom. The van der Waals surface area contributed by atoms with Crippen molar-refractivity contribution in [3.05, 3.63) is 53.9 Å². The number of halogens is 3. The highest BCUT2D eigenvalue weighted by Crippen LogP contribution is 2.36. The molecule has 0 unspecified atom stereocenters. The minimum Gasteiger partial charge on any atom is -0.404 e. The number of para-hydroxylation sites is 2. The van der Waals surface area contributed by atoms with E-state index in [0.717, 1.165) is 6.07 Å². The number of nitrogens with zero attached hydrogens (tertiary/aromatic N) is 2. The van der Waals surface area contributed by atoms with E-state index in [1.54, 1.807) is 0 Å². The molecule has 8 heteroatoms. The molecule has 1 aliphatic rings. The Morgan fingerprint density at radius 1 is 1.00 bits per heavy atom. The topological polar surface area (TPSA) is 59.5 Å². The maximum Gasteiger partial charge on any atom is 0.573 e. The maximum atomic E-state index is 12.4. The van der Waals surface area contributed by atoms with Gasteiger partial charge in [-0.2, -0.15) is 0 Å². The predicted molar refractivity (Wildman–Crippen MR) is 68.5 cm³/mol. The Bertz CT molecular complexity index is 739. The number of aromatic nitrogens is 1. The van der Waals surface area contributed by atoms with E-state index in [4.69, 9.17) is 0 Å². The van der Waals surface area contributed by atoms with Gasteiger partial charge in [0.25, 0.3) is 11.8 Å². The van der Waals surface area contributed by atoms with Crippen LogP contribution >= 0.6 is 0 Å². The summed E-state index contributed by atoms with van der Waals surface area (Å²) in [7, 11) is 0. The molecule has 2 aromatic rings.